The van der Waals surface area contributed by atoms with E-state index < -0.39 is 0 Å². The highest BCUT2D eigenvalue weighted by Gasteiger charge is 2.32. The van der Waals surface area contributed by atoms with Gasteiger partial charge in [-0.15, -0.1) is 0 Å². The Kier molecular flexibility index (Phi) is 8.78. The molecule has 1 aromatic carbocycles. The van der Waals surface area contributed by atoms with E-state index in [0.29, 0.717) is 31.4 Å². The number of ether oxygens (including phenoxy) is 3. The van der Waals surface area contributed by atoms with Crippen LogP contribution >= 0.6 is 0 Å². The number of nitrogens with zero attached hydrogens (tertiary/aromatic N) is 1. The Labute approximate surface area is 197 Å². The predicted octanol–water partition coefficient (Wildman–Crippen LogP) is 4.40. The highest BCUT2D eigenvalue weighted by atomic mass is 16.5. The molecule has 2 aliphatic rings. The molecule has 0 spiro atoms. The van der Waals surface area contributed by atoms with Gasteiger partial charge in [0.25, 0.3) is 0 Å². The summed E-state index contributed by atoms with van der Waals surface area (Å²) in [5.74, 6) is 0.330. The quantitative estimate of drug-likeness (QED) is 0.389. The molecule has 7 nitrogen and oxygen atoms in total. The summed E-state index contributed by atoms with van der Waals surface area (Å²) in [7, 11) is 1.66. The van der Waals surface area contributed by atoms with Gasteiger partial charge in [0, 0.05) is 30.1 Å². The van der Waals surface area contributed by atoms with Crippen molar-refractivity contribution in [1.82, 2.24) is 4.90 Å². The van der Waals surface area contributed by atoms with Crippen LogP contribution in [0.1, 0.15) is 73.5 Å². The van der Waals surface area contributed by atoms with Crippen LogP contribution < -0.4 is 10.1 Å². The molecule has 0 aliphatic carbocycles. The number of hydrogen-bond acceptors (Lipinski definition) is 7. The van der Waals surface area contributed by atoms with Crippen molar-refractivity contribution >= 4 is 17.6 Å². The zero-order valence-corrected chi connectivity index (χ0v) is 20.7. The summed E-state index contributed by atoms with van der Waals surface area (Å²) in [5, 5.41) is 3.44. The lowest BCUT2D eigenvalue weighted by Gasteiger charge is -2.22. The van der Waals surface area contributed by atoms with Gasteiger partial charge >= 0.3 is 11.9 Å². The lowest BCUT2D eigenvalue weighted by molar-refractivity contribution is -0.143. The fourth-order valence-electron chi connectivity index (χ4n) is 4.55. The molecule has 0 saturated carbocycles. The van der Waals surface area contributed by atoms with Gasteiger partial charge in [0.1, 0.15) is 19.0 Å². The van der Waals surface area contributed by atoms with E-state index in [4.69, 9.17) is 14.2 Å². The number of nitrogens with one attached hydrogen (secondary N) is 1. The van der Waals surface area contributed by atoms with Gasteiger partial charge in [0.2, 0.25) is 0 Å². The van der Waals surface area contributed by atoms with E-state index in [0.717, 1.165) is 53.3 Å². The molecule has 0 bridgehead atoms. The summed E-state index contributed by atoms with van der Waals surface area (Å²) in [6.45, 7) is 11.9. The number of rotatable bonds is 11. The Morgan fingerprint density at radius 1 is 1.24 bits per heavy atom. The molecule has 3 rings (SSSR count). The largest absolute Gasteiger partial charge is 0.496 e. The highest BCUT2D eigenvalue weighted by molar-refractivity contribution is 6.01. The van der Waals surface area contributed by atoms with E-state index in [-0.39, 0.29) is 24.6 Å². The van der Waals surface area contributed by atoms with Gasteiger partial charge in [0.05, 0.1) is 18.4 Å². The van der Waals surface area contributed by atoms with Crippen molar-refractivity contribution in [2.75, 3.05) is 38.7 Å². The lowest BCUT2D eigenvalue weighted by Crippen LogP contribution is -2.25. The number of fused-ring (bicyclic) bond motifs is 1. The topological polar surface area (TPSA) is 77.1 Å². The predicted molar refractivity (Wildman–Crippen MR) is 129 cm³/mol. The molecule has 1 aromatic rings. The van der Waals surface area contributed by atoms with E-state index >= 15 is 0 Å². The summed E-state index contributed by atoms with van der Waals surface area (Å²) >= 11 is 0. The van der Waals surface area contributed by atoms with E-state index in [1.807, 2.05) is 27.7 Å². The Bertz CT molecular complexity index is 901. The molecule has 1 fully saturated rings. The second kappa shape index (κ2) is 11.5. The molecule has 2 heterocycles. The van der Waals surface area contributed by atoms with E-state index in [9.17, 15) is 9.59 Å². The van der Waals surface area contributed by atoms with Crippen LogP contribution in [0, 0.1) is 6.92 Å². The average Bonchev–Trinajstić information content (AvgIpc) is 3.42. The summed E-state index contributed by atoms with van der Waals surface area (Å²) in [6.07, 6.45) is 6.18. The van der Waals surface area contributed by atoms with Crippen molar-refractivity contribution in [3.63, 3.8) is 0 Å². The smallest absolute Gasteiger partial charge is 0.341 e. The van der Waals surface area contributed by atoms with Crippen LogP contribution in [0.15, 0.2) is 11.6 Å². The Morgan fingerprint density at radius 2 is 1.97 bits per heavy atom. The Balaban J connectivity index is 1.66. The van der Waals surface area contributed by atoms with E-state index in [1.54, 1.807) is 7.11 Å². The fraction of sp³-hybridized carbons (Fsp3) is 0.615. The third-order valence-electron chi connectivity index (χ3n) is 6.36. The number of hydrogen-bond donors (Lipinski definition) is 1. The number of esters is 2. The molecular weight excluding hydrogens is 420 g/mol. The molecule has 0 unspecified atom stereocenters. The molecule has 1 N–H and O–H groups in total. The monoisotopic (exact) mass is 458 g/mol. The van der Waals surface area contributed by atoms with Crippen LogP contribution in [0.3, 0.4) is 0 Å². The number of anilines is 1. The van der Waals surface area contributed by atoms with Gasteiger partial charge in [-0.2, -0.15) is 0 Å². The van der Waals surface area contributed by atoms with Gasteiger partial charge in [-0.25, -0.2) is 4.79 Å². The standard InChI is InChI=1S/C26H38N2O5/c1-17(2)27-24-20(25(31-5)19(4)21-16-33-26(30)23(21)24)10-8-18(3)9-11-22(29)32-15-14-28-12-6-7-13-28/h8,17,27H,6-7,9-16H2,1-5H3. The number of allylic oxidation sites excluding steroid dienone is 2. The SMILES string of the molecule is COc1c(C)c2c(c(NC(C)C)c1CC=C(C)CCC(=O)OCCN1CCCC1)C(=O)OC2. The zero-order chi connectivity index (χ0) is 24.0. The van der Waals surface area contributed by atoms with Crippen LogP contribution in [0.2, 0.25) is 0 Å². The molecule has 0 radical (unpaired) electrons. The van der Waals surface area contributed by atoms with Crippen molar-refractivity contribution < 1.29 is 23.8 Å². The van der Waals surface area contributed by atoms with Crippen molar-refractivity contribution in [3.8, 4) is 5.75 Å². The second-order valence-electron chi connectivity index (χ2n) is 9.26. The van der Waals surface area contributed by atoms with Gasteiger partial charge in [-0.1, -0.05) is 11.6 Å². The number of methoxy groups -OCH3 is 1. The van der Waals surface area contributed by atoms with Gasteiger partial charge in [-0.05, 0) is 72.0 Å². The van der Waals surface area contributed by atoms with Crippen molar-refractivity contribution in [2.45, 2.75) is 72.4 Å². The third-order valence-corrected chi connectivity index (χ3v) is 6.36. The summed E-state index contributed by atoms with van der Waals surface area (Å²) in [5.41, 5.74) is 5.27. The van der Waals surface area contributed by atoms with Crippen LogP contribution in [0.4, 0.5) is 5.69 Å². The first kappa shape index (κ1) is 25.1. The Morgan fingerprint density at radius 3 is 2.64 bits per heavy atom. The Hall–Kier alpha value is -2.54. The molecule has 0 amide bonds. The van der Waals surface area contributed by atoms with Gasteiger partial charge < -0.3 is 19.5 Å². The normalized spacial score (nSPS) is 16.2. The first-order valence-corrected chi connectivity index (χ1v) is 12.0. The minimum absolute atomic E-state index is 0.147. The number of carbonyl (C=O) groups is 2. The van der Waals surface area contributed by atoms with Gasteiger partial charge in [0.15, 0.2) is 0 Å². The average molecular weight is 459 g/mol. The minimum atomic E-state index is -0.294. The number of carbonyl (C=O) groups excluding carboxylic acids is 2. The maximum absolute atomic E-state index is 12.5. The van der Waals surface area contributed by atoms with Crippen molar-refractivity contribution in [2.24, 2.45) is 0 Å². The molecule has 0 aromatic heterocycles. The first-order chi connectivity index (χ1) is 15.8. The maximum Gasteiger partial charge on any atom is 0.341 e. The molecular formula is C26H38N2O5. The van der Waals surface area contributed by atoms with Crippen molar-refractivity contribution in [3.05, 3.63) is 33.9 Å². The minimum Gasteiger partial charge on any atom is -0.496 e. The van der Waals surface area contributed by atoms with Crippen molar-refractivity contribution in [1.29, 1.82) is 0 Å². The fourth-order valence-corrected chi connectivity index (χ4v) is 4.55. The highest BCUT2D eigenvalue weighted by Crippen LogP contribution is 2.41. The van der Waals surface area contributed by atoms with Gasteiger partial charge in [-0.3, -0.25) is 9.69 Å². The maximum atomic E-state index is 12.5. The molecule has 1 saturated heterocycles. The van der Waals surface area contributed by atoms with E-state index in [1.165, 1.54) is 12.8 Å². The first-order valence-electron chi connectivity index (χ1n) is 12.0. The molecule has 0 atom stereocenters. The number of cyclic esters (lactones) is 1. The van der Waals surface area contributed by atoms with Crippen LogP contribution in [-0.4, -0.2) is 56.2 Å². The van der Waals surface area contributed by atoms with E-state index in [2.05, 4.69) is 16.3 Å². The number of benzene rings is 1. The lowest BCUT2D eigenvalue weighted by atomic mass is 9.93. The summed E-state index contributed by atoms with van der Waals surface area (Å²) in [6, 6.07) is 0.147. The zero-order valence-electron chi connectivity index (χ0n) is 20.7. The summed E-state index contributed by atoms with van der Waals surface area (Å²) in [4.78, 5) is 27.0. The molecule has 33 heavy (non-hydrogen) atoms. The number of likely N-dealkylation sites (tertiary alicyclic amines) is 1. The van der Waals surface area contributed by atoms with Crippen LogP contribution in [0.25, 0.3) is 0 Å². The second-order valence-corrected chi connectivity index (χ2v) is 9.26. The van der Waals surface area contributed by atoms with Crippen LogP contribution in [-0.2, 0) is 27.3 Å². The molecule has 7 heteroatoms. The molecule has 182 valence electrons. The van der Waals surface area contributed by atoms with Crippen LogP contribution in [0.5, 0.6) is 5.75 Å². The molecule has 2 aliphatic heterocycles. The third kappa shape index (κ3) is 6.28. The summed E-state index contributed by atoms with van der Waals surface area (Å²) < 4.78 is 16.5.